The summed E-state index contributed by atoms with van der Waals surface area (Å²) < 4.78 is 52.7. The monoisotopic (exact) mass is 1220 g/mol. The number of anilines is 6. The van der Waals surface area contributed by atoms with E-state index in [0.717, 1.165) is 139 Å². The van der Waals surface area contributed by atoms with Gasteiger partial charge < -0.3 is 14.2 Å². The average molecular weight is 1220 g/mol. The van der Waals surface area contributed by atoms with Crippen LogP contribution in [-0.2, 0) is 16.2 Å². The smallest absolute Gasteiger partial charge is 0.252 e. The van der Waals surface area contributed by atoms with Crippen molar-refractivity contribution in [1.82, 2.24) is 0 Å². The van der Waals surface area contributed by atoms with Gasteiger partial charge in [-0.15, -0.1) is 0 Å². The molecule has 3 nitrogen and oxygen atoms in total. The number of rotatable bonds is 9. The molecule has 0 unspecified atom stereocenters. The first-order chi connectivity index (χ1) is 47.6. The van der Waals surface area contributed by atoms with Crippen LogP contribution in [-0.4, -0.2) is 6.71 Å². The first kappa shape index (κ1) is 52.9. The van der Waals surface area contributed by atoms with Gasteiger partial charge in [0.2, 0.25) is 0 Å². The van der Waals surface area contributed by atoms with Crippen molar-refractivity contribution in [3.8, 4) is 77.9 Å². The van der Waals surface area contributed by atoms with Crippen LogP contribution in [0.1, 0.15) is 85.9 Å². The van der Waals surface area contributed by atoms with Crippen LogP contribution in [0.5, 0.6) is 0 Å². The van der Waals surface area contributed by atoms with E-state index in [1.807, 2.05) is 18.2 Å². The van der Waals surface area contributed by atoms with Crippen LogP contribution in [0.15, 0.2) is 295 Å². The number of hydrogen-bond acceptors (Lipinski definition) is 3. The molecule has 0 saturated carbocycles. The normalized spacial score (nSPS) is 13.6. The van der Waals surface area contributed by atoms with E-state index in [4.69, 9.17) is 8.53 Å². The van der Waals surface area contributed by atoms with Gasteiger partial charge in [0.1, 0.15) is 11.2 Å². The molecular weight excluding hydrogens is 1140 g/mol. The first-order valence-corrected chi connectivity index (χ1v) is 32.8. The Bertz CT molecular complexity index is 5390. The van der Waals surface area contributed by atoms with Gasteiger partial charge in [-0.05, 0) is 183 Å². The van der Waals surface area contributed by atoms with Crippen LogP contribution in [0, 0.1) is 0 Å². The quantitative estimate of drug-likeness (QED) is 0.134. The highest BCUT2D eigenvalue weighted by molar-refractivity contribution is 7.00. The number of nitrogens with zero attached hydrogens (tertiary/aromatic N) is 2. The zero-order valence-corrected chi connectivity index (χ0v) is 54.7. The zero-order valence-electron chi connectivity index (χ0n) is 59.7. The van der Waals surface area contributed by atoms with E-state index in [1.54, 1.807) is 0 Å². The fourth-order valence-electron chi connectivity index (χ4n) is 14.4. The van der Waals surface area contributed by atoms with E-state index >= 15 is 0 Å². The standard InChI is InChI=1S/C90H75BN2O/c1-88(2,3)69-47-67(48-70(55-69)89(4,5)6)64-43-45-78-80(52-64)93(87-75(61-34-21-13-22-35-61)56-71(90(7,8)9)57-76(87)62-36-23-14-24-37-62)82-54-68(73-39-27-41-84-85(73)74-38-25-26-40-83(74)94-84)53-81-86(82)91(78)77-44-42-63(58-28-15-10-16-29-58)51-79(77)92(81)72-49-65(59-30-17-11-18-31-59)46-66(50-72)60-32-19-12-20-33-60/h10-57H,1-9H3/i10D,15D,16D,28D,29D. The number of para-hydroxylation sites is 1. The fourth-order valence-corrected chi connectivity index (χ4v) is 14.4. The number of furan rings is 1. The lowest BCUT2D eigenvalue weighted by Gasteiger charge is -2.45. The van der Waals surface area contributed by atoms with E-state index in [1.165, 1.54) is 16.7 Å². The molecule has 4 heteroatoms. The molecule has 94 heavy (non-hydrogen) atoms. The van der Waals surface area contributed by atoms with Crippen LogP contribution in [0.25, 0.3) is 99.8 Å². The Kier molecular flexibility index (Phi) is 12.7. The predicted octanol–water partition coefficient (Wildman–Crippen LogP) is 23.2. The van der Waals surface area contributed by atoms with E-state index in [2.05, 4.69) is 315 Å². The van der Waals surface area contributed by atoms with Gasteiger partial charge in [-0.1, -0.05) is 287 Å². The summed E-state index contributed by atoms with van der Waals surface area (Å²) in [5.41, 5.74) is 26.9. The predicted molar refractivity (Wildman–Crippen MR) is 402 cm³/mol. The van der Waals surface area contributed by atoms with Crippen molar-refractivity contribution in [3.05, 3.63) is 308 Å². The molecule has 3 heterocycles. The van der Waals surface area contributed by atoms with E-state index in [-0.39, 0.29) is 46.0 Å². The Balaban J connectivity index is 1.11. The lowest BCUT2D eigenvalue weighted by atomic mass is 9.33. The Labute approximate surface area is 561 Å². The van der Waals surface area contributed by atoms with Crippen molar-refractivity contribution in [1.29, 1.82) is 0 Å². The minimum absolute atomic E-state index is 0.137. The summed E-state index contributed by atoms with van der Waals surface area (Å²) in [7, 11) is 0. The fraction of sp³-hybridized carbons (Fsp3) is 0.133. The molecule has 16 rings (SSSR count). The SMILES string of the molecule is [2H]c1c([2H])c([2H])c(-c2ccc3c(c2)N(c2cc(-c4ccccc4)cc(-c4ccccc4)c2)c2cc(-c4cccc5oc6ccccc6c45)cc4c2B3c2ccc(-c3cc(C(C)(C)C)cc(C(C)(C)C)c3)cc2N4c2c(-c3ccccc3)cc(C(C)(C)C)cc2-c2ccccc2)c([2H])c1[2H]. The maximum Gasteiger partial charge on any atom is 0.252 e. The van der Waals surface area contributed by atoms with Gasteiger partial charge in [0.05, 0.1) is 12.5 Å². The molecule has 2 aliphatic rings. The third-order valence-electron chi connectivity index (χ3n) is 19.3. The molecule has 0 bridgehead atoms. The summed E-state index contributed by atoms with van der Waals surface area (Å²) in [6.07, 6.45) is 0. The third-order valence-corrected chi connectivity index (χ3v) is 19.3. The second-order valence-corrected chi connectivity index (χ2v) is 28.6. The number of hydrogen-bond donors (Lipinski definition) is 0. The highest BCUT2D eigenvalue weighted by atomic mass is 16.3. The minimum Gasteiger partial charge on any atom is -0.456 e. The summed E-state index contributed by atoms with van der Waals surface area (Å²) >= 11 is 0. The molecular formula is C90H75BN2O. The van der Waals surface area contributed by atoms with Crippen LogP contribution in [0.3, 0.4) is 0 Å². The molecule has 1 aromatic heterocycles. The Morgan fingerprint density at radius 3 is 1.31 bits per heavy atom. The lowest BCUT2D eigenvalue weighted by molar-refractivity contribution is 0.569. The molecule has 2 aliphatic heterocycles. The third kappa shape index (κ3) is 10.2. The Morgan fingerprint density at radius 2 is 0.766 bits per heavy atom. The summed E-state index contributed by atoms with van der Waals surface area (Å²) in [4.78, 5) is 5.02. The molecule has 0 atom stereocenters. The molecule has 0 amide bonds. The minimum atomic E-state index is -0.435. The molecule has 0 N–H and O–H groups in total. The largest absolute Gasteiger partial charge is 0.456 e. The van der Waals surface area contributed by atoms with Gasteiger partial charge >= 0.3 is 0 Å². The molecule has 0 fully saturated rings. The van der Waals surface area contributed by atoms with Gasteiger partial charge in [0.25, 0.3) is 6.71 Å². The molecule has 0 aliphatic carbocycles. The molecule has 13 aromatic carbocycles. The molecule has 454 valence electrons. The van der Waals surface area contributed by atoms with Crippen LogP contribution in [0.2, 0.25) is 0 Å². The van der Waals surface area contributed by atoms with Gasteiger partial charge in [0, 0.05) is 50.3 Å². The molecule has 14 aromatic rings. The summed E-state index contributed by atoms with van der Waals surface area (Å²) in [5, 5.41) is 2.01. The Morgan fingerprint density at radius 1 is 0.319 bits per heavy atom. The van der Waals surface area contributed by atoms with Crippen molar-refractivity contribution in [2.24, 2.45) is 0 Å². The van der Waals surface area contributed by atoms with Crippen molar-refractivity contribution in [2.75, 3.05) is 9.80 Å². The van der Waals surface area contributed by atoms with Gasteiger partial charge in [0.15, 0.2) is 0 Å². The van der Waals surface area contributed by atoms with Crippen LogP contribution in [0.4, 0.5) is 34.1 Å². The van der Waals surface area contributed by atoms with Crippen molar-refractivity contribution >= 4 is 79.2 Å². The second-order valence-electron chi connectivity index (χ2n) is 28.6. The molecule has 0 spiro atoms. The van der Waals surface area contributed by atoms with Gasteiger partial charge in [-0.25, -0.2) is 0 Å². The zero-order chi connectivity index (χ0) is 68.6. The summed E-state index contributed by atoms with van der Waals surface area (Å²) in [6.45, 7) is 20.3. The topological polar surface area (TPSA) is 19.6 Å². The van der Waals surface area contributed by atoms with Crippen molar-refractivity contribution < 1.29 is 11.3 Å². The molecule has 0 radical (unpaired) electrons. The van der Waals surface area contributed by atoms with Crippen LogP contribution >= 0.6 is 0 Å². The van der Waals surface area contributed by atoms with Gasteiger partial charge in [-0.3, -0.25) is 0 Å². The highest BCUT2D eigenvalue weighted by Crippen LogP contribution is 2.54. The maximum atomic E-state index is 9.53. The van der Waals surface area contributed by atoms with Crippen molar-refractivity contribution in [2.45, 2.75) is 78.6 Å². The van der Waals surface area contributed by atoms with E-state index in [0.29, 0.717) is 5.56 Å². The molecule has 0 saturated heterocycles. The maximum absolute atomic E-state index is 9.53. The summed E-state index contributed by atoms with van der Waals surface area (Å²) in [5.74, 6) is 0. The average Bonchev–Trinajstić information content (AvgIpc) is 0.877. The lowest BCUT2D eigenvalue weighted by Crippen LogP contribution is -2.61. The second kappa shape index (κ2) is 22.6. The van der Waals surface area contributed by atoms with Crippen molar-refractivity contribution in [3.63, 3.8) is 0 Å². The number of fused-ring (bicyclic) bond motifs is 7. The van der Waals surface area contributed by atoms with Gasteiger partial charge in [-0.2, -0.15) is 0 Å². The Hall–Kier alpha value is -10.7. The first-order valence-electron chi connectivity index (χ1n) is 35.3. The highest BCUT2D eigenvalue weighted by Gasteiger charge is 2.45. The summed E-state index contributed by atoms with van der Waals surface area (Å²) in [6, 6.07) is 93.0. The van der Waals surface area contributed by atoms with Crippen LogP contribution < -0.4 is 26.2 Å². The van der Waals surface area contributed by atoms with E-state index in [9.17, 15) is 2.74 Å². The van der Waals surface area contributed by atoms with E-state index < -0.39 is 12.8 Å². The number of benzene rings is 13.